The van der Waals surface area contributed by atoms with Crippen LogP contribution >= 0.6 is 23.4 Å². The molecule has 0 bridgehead atoms. The number of nitrogens with zero attached hydrogens (tertiary/aromatic N) is 1. The average Bonchev–Trinajstić information content (AvgIpc) is 2.91. The van der Waals surface area contributed by atoms with Crippen LogP contribution in [-0.4, -0.2) is 48.3 Å². The normalized spacial score (nSPS) is 20.0. The number of carbonyl (C=O) groups is 3. The number of amides is 3. The summed E-state index contributed by atoms with van der Waals surface area (Å²) in [6.07, 6.45) is 3.08. The van der Waals surface area contributed by atoms with E-state index in [0.717, 1.165) is 22.2 Å². The van der Waals surface area contributed by atoms with Crippen molar-refractivity contribution in [1.82, 2.24) is 10.2 Å². The number of rotatable bonds is 5. The molecule has 0 radical (unpaired) electrons. The smallest absolute Gasteiger partial charge is 0.293 e. The van der Waals surface area contributed by atoms with Crippen molar-refractivity contribution in [3.05, 3.63) is 39.8 Å². The highest BCUT2D eigenvalue weighted by molar-refractivity contribution is 8.18. The maximum absolute atomic E-state index is 12.4. The van der Waals surface area contributed by atoms with Gasteiger partial charge in [0.05, 0.1) is 4.91 Å². The summed E-state index contributed by atoms with van der Waals surface area (Å²) in [5, 5.41) is 3.09. The van der Waals surface area contributed by atoms with Gasteiger partial charge in [0, 0.05) is 37.2 Å². The first kappa shape index (κ1) is 18.9. The molecule has 0 atom stereocenters. The van der Waals surface area contributed by atoms with Gasteiger partial charge >= 0.3 is 0 Å². The van der Waals surface area contributed by atoms with Crippen LogP contribution in [0.5, 0.6) is 0 Å². The number of hydrogen-bond acceptors (Lipinski definition) is 5. The van der Waals surface area contributed by atoms with Gasteiger partial charge in [0.1, 0.15) is 0 Å². The van der Waals surface area contributed by atoms with Crippen molar-refractivity contribution in [1.29, 1.82) is 0 Å². The predicted molar refractivity (Wildman–Crippen MR) is 101 cm³/mol. The maximum atomic E-state index is 12.4. The summed E-state index contributed by atoms with van der Waals surface area (Å²) in [7, 11) is 0. The molecule has 1 aromatic rings. The van der Waals surface area contributed by atoms with E-state index < -0.39 is 0 Å². The molecule has 0 saturated carbocycles. The number of ether oxygens (including phenoxy) is 1. The van der Waals surface area contributed by atoms with E-state index in [-0.39, 0.29) is 36.1 Å². The van der Waals surface area contributed by atoms with E-state index in [1.807, 2.05) is 0 Å². The summed E-state index contributed by atoms with van der Waals surface area (Å²) >= 11 is 6.75. The van der Waals surface area contributed by atoms with Gasteiger partial charge in [0.15, 0.2) is 0 Å². The molecule has 2 aliphatic heterocycles. The quantitative estimate of drug-likeness (QED) is 0.777. The van der Waals surface area contributed by atoms with Crippen LogP contribution in [0.1, 0.15) is 18.4 Å². The van der Waals surface area contributed by atoms with Crippen molar-refractivity contribution < 1.29 is 19.1 Å². The standard InChI is InChI=1S/C18H19ClN2O4S/c19-14-3-1-12(2-4-14)11-15-17(23)21(18(24)26-15)8-7-20-16(22)13-5-9-25-10-6-13/h1-4,11,13H,5-10H2,(H,20,22)/b15-11-. The topological polar surface area (TPSA) is 75.7 Å². The number of benzene rings is 1. The Hall–Kier alpha value is -1.83. The second-order valence-corrected chi connectivity index (χ2v) is 7.49. The monoisotopic (exact) mass is 394 g/mol. The summed E-state index contributed by atoms with van der Waals surface area (Å²) in [6, 6.07) is 7.02. The third-order valence-electron chi connectivity index (χ3n) is 4.27. The van der Waals surface area contributed by atoms with E-state index in [2.05, 4.69) is 5.32 Å². The largest absolute Gasteiger partial charge is 0.381 e. The molecule has 26 heavy (non-hydrogen) atoms. The Morgan fingerprint density at radius 3 is 2.65 bits per heavy atom. The summed E-state index contributed by atoms with van der Waals surface area (Å²) in [5.74, 6) is -0.435. The van der Waals surface area contributed by atoms with Crippen LogP contribution in [0, 0.1) is 5.92 Å². The predicted octanol–water partition coefficient (Wildman–Crippen LogP) is 2.92. The van der Waals surface area contributed by atoms with Crippen molar-refractivity contribution in [2.75, 3.05) is 26.3 Å². The van der Waals surface area contributed by atoms with Crippen LogP contribution in [-0.2, 0) is 14.3 Å². The molecule has 3 amide bonds. The highest BCUT2D eigenvalue weighted by Crippen LogP contribution is 2.32. The van der Waals surface area contributed by atoms with Crippen LogP contribution in [0.3, 0.4) is 0 Å². The number of imide groups is 1. The molecule has 2 saturated heterocycles. The zero-order valence-corrected chi connectivity index (χ0v) is 15.6. The lowest BCUT2D eigenvalue weighted by molar-refractivity contribution is -0.128. The van der Waals surface area contributed by atoms with Gasteiger partial charge in [0.25, 0.3) is 11.1 Å². The zero-order valence-electron chi connectivity index (χ0n) is 14.1. The molecule has 1 N–H and O–H groups in total. The summed E-state index contributed by atoms with van der Waals surface area (Å²) in [5.41, 5.74) is 0.799. The minimum absolute atomic E-state index is 0.0445. The first-order valence-corrected chi connectivity index (χ1v) is 9.60. The van der Waals surface area contributed by atoms with Gasteiger partial charge in [-0.15, -0.1) is 0 Å². The zero-order chi connectivity index (χ0) is 18.5. The van der Waals surface area contributed by atoms with Crippen molar-refractivity contribution in [2.45, 2.75) is 12.8 Å². The van der Waals surface area contributed by atoms with Crippen molar-refractivity contribution in [3.63, 3.8) is 0 Å². The molecule has 2 aliphatic rings. The van der Waals surface area contributed by atoms with Gasteiger partial charge in [-0.2, -0.15) is 0 Å². The van der Waals surface area contributed by atoms with E-state index in [1.54, 1.807) is 30.3 Å². The highest BCUT2D eigenvalue weighted by Gasteiger charge is 2.34. The highest BCUT2D eigenvalue weighted by atomic mass is 35.5. The Balaban J connectivity index is 1.53. The van der Waals surface area contributed by atoms with E-state index in [0.29, 0.717) is 36.0 Å². The molecule has 0 aromatic heterocycles. The SMILES string of the molecule is O=C(NCCN1C(=O)S/C(=C\c2ccc(Cl)cc2)C1=O)C1CCOCC1. The summed E-state index contributed by atoms with van der Waals surface area (Å²) in [4.78, 5) is 38.1. The fraction of sp³-hybridized carbons (Fsp3) is 0.389. The molecule has 138 valence electrons. The van der Waals surface area contributed by atoms with E-state index in [9.17, 15) is 14.4 Å². The van der Waals surface area contributed by atoms with Crippen LogP contribution in [0.2, 0.25) is 5.02 Å². The third-order valence-corrected chi connectivity index (χ3v) is 5.43. The summed E-state index contributed by atoms with van der Waals surface area (Å²) in [6.45, 7) is 1.60. The van der Waals surface area contributed by atoms with E-state index in [4.69, 9.17) is 16.3 Å². The molecule has 0 aliphatic carbocycles. The van der Waals surface area contributed by atoms with Crippen LogP contribution in [0.15, 0.2) is 29.2 Å². The number of halogens is 1. The average molecular weight is 395 g/mol. The van der Waals surface area contributed by atoms with Crippen LogP contribution in [0.4, 0.5) is 4.79 Å². The van der Waals surface area contributed by atoms with Crippen molar-refractivity contribution in [2.24, 2.45) is 5.92 Å². The second-order valence-electron chi connectivity index (χ2n) is 6.06. The molecule has 3 rings (SSSR count). The van der Waals surface area contributed by atoms with Crippen LogP contribution < -0.4 is 5.32 Å². The lowest BCUT2D eigenvalue weighted by atomic mass is 9.99. The Labute approximate surface area is 160 Å². The molecule has 0 spiro atoms. The van der Waals surface area contributed by atoms with Crippen molar-refractivity contribution >= 4 is 46.5 Å². The fourth-order valence-electron chi connectivity index (χ4n) is 2.80. The number of carbonyl (C=O) groups excluding carboxylic acids is 3. The molecule has 2 fully saturated rings. The van der Waals surface area contributed by atoms with Gasteiger partial charge in [-0.25, -0.2) is 0 Å². The minimum atomic E-state index is -0.338. The van der Waals surface area contributed by atoms with Gasteiger partial charge in [0.2, 0.25) is 5.91 Å². The van der Waals surface area contributed by atoms with Crippen LogP contribution in [0.25, 0.3) is 6.08 Å². The van der Waals surface area contributed by atoms with Gasteiger partial charge in [-0.05, 0) is 48.4 Å². The summed E-state index contributed by atoms with van der Waals surface area (Å²) < 4.78 is 5.24. The maximum Gasteiger partial charge on any atom is 0.293 e. The number of hydrogen-bond donors (Lipinski definition) is 1. The Morgan fingerprint density at radius 1 is 1.27 bits per heavy atom. The molecule has 1 aromatic carbocycles. The first-order valence-electron chi connectivity index (χ1n) is 8.41. The molecular weight excluding hydrogens is 376 g/mol. The van der Waals surface area contributed by atoms with Crippen molar-refractivity contribution in [3.8, 4) is 0 Å². The number of thioether (sulfide) groups is 1. The van der Waals surface area contributed by atoms with E-state index in [1.165, 1.54) is 0 Å². The lowest BCUT2D eigenvalue weighted by Gasteiger charge is -2.21. The third kappa shape index (κ3) is 4.66. The van der Waals surface area contributed by atoms with Gasteiger partial charge in [-0.3, -0.25) is 19.3 Å². The first-order chi connectivity index (χ1) is 12.5. The van der Waals surface area contributed by atoms with Gasteiger partial charge < -0.3 is 10.1 Å². The Morgan fingerprint density at radius 2 is 1.96 bits per heavy atom. The lowest BCUT2D eigenvalue weighted by Crippen LogP contribution is -2.40. The minimum Gasteiger partial charge on any atom is -0.381 e. The van der Waals surface area contributed by atoms with Gasteiger partial charge in [-0.1, -0.05) is 23.7 Å². The molecule has 8 heteroatoms. The second kappa shape index (κ2) is 8.70. The molecule has 6 nitrogen and oxygen atoms in total. The Bertz CT molecular complexity index is 729. The number of nitrogens with one attached hydrogen (secondary N) is 1. The Kier molecular flexibility index (Phi) is 6.34. The molecule has 0 unspecified atom stereocenters. The van der Waals surface area contributed by atoms with E-state index >= 15 is 0 Å². The molecular formula is C18H19ClN2O4S. The molecule has 2 heterocycles. The fourth-order valence-corrected chi connectivity index (χ4v) is 3.79.